The highest BCUT2D eigenvalue weighted by Crippen LogP contribution is 2.24. The van der Waals surface area contributed by atoms with Crippen LogP contribution in [-0.4, -0.2) is 27.8 Å². The molecule has 3 aromatic rings. The van der Waals surface area contributed by atoms with Crippen LogP contribution in [0, 0.1) is 0 Å². The Morgan fingerprint density at radius 2 is 1.62 bits per heavy atom. The Bertz CT molecular complexity index is 1040. The third-order valence-corrected chi connectivity index (χ3v) is 3.60. The molecule has 0 fully saturated rings. The van der Waals surface area contributed by atoms with E-state index >= 15 is 0 Å². The number of hydrogen-bond donors (Lipinski definition) is 1. The molecular formula is C16H8N2O6. The molecule has 118 valence electrons. The molecule has 0 saturated heterocycles. The number of hydrogen-bond acceptors (Lipinski definition) is 6. The van der Waals surface area contributed by atoms with Gasteiger partial charge in [0.15, 0.2) is 5.58 Å². The van der Waals surface area contributed by atoms with E-state index in [1.807, 2.05) is 0 Å². The van der Waals surface area contributed by atoms with Crippen LogP contribution in [0.2, 0.25) is 0 Å². The smallest absolute Gasteiger partial charge is 0.407 e. The first-order chi connectivity index (χ1) is 11.6. The molecule has 2 amide bonds. The molecular weight excluding hydrogens is 316 g/mol. The third kappa shape index (κ3) is 1.93. The number of para-hydroxylation sites is 1. The average Bonchev–Trinajstić information content (AvgIpc) is 3.07. The van der Waals surface area contributed by atoms with Crippen LogP contribution in [0.1, 0.15) is 31.1 Å². The van der Waals surface area contributed by atoms with Gasteiger partial charge in [-0.05, 0) is 24.3 Å². The highest BCUT2D eigenvalue weighted by atomic mass is 16.7. The number of nitrogens with one attached hydrogen (secondary N) is 1. The van der Waals surface area contributed by atoms with E-state index in [2.05, 4.69) is 4.98 Å². The first-order valence-corrected chi connectivity index (χ1v) is 6.88. The molecule has 1 aliphatic heterocycles. The summed E-state index contributed by atoms with van der Waals surface area (Å²) >= 11 is 0. The minimum atomic E-state index is -0.988. The van der Waals surface area contributed by atoms with Crippen LogP contribution in [0.4, 0.5) is 0 Å². The van der Waals surface area contributed by atoms with Gasteiger partial charge in [-0.1, -0.05) is 23.3 Å². The van der Waals surface area contributed by atoms with Crippen molar-refractivity contribution < 1.29 is 23.6 Å². The summed E-state index contributed by atoms with van der Waals surface area (Å²) in [5.74, 6) is -3.18. The van der Waals surface area contributed by atoms with Crippen LogP contribution in [-0.2, 0) is 4.84 Å². The Kier molecular flexibility index (Phi) is 2.86. The molecule has 8 heteroatoms. The number of fused-ring (bicyclic) bond motifs is 2. The lowest BCUT2D eigenvalue weighted by Crippen LogP contribution is -2.32. The summed E-state index contributed by atoms with van der Waals surface area (Å²) in [7, 11) is 0. The van der Waals surface area contributed by atoms with Crippen molar-refractivity contribution in [2.24, 2.45) is 0 Å². The number of amides is 2. The second-order valence-electron chi connectivity index (χ2n) is 5.03. The van der Waals surface area contributed by atoms with Crippen molar-refractivity contribution in [1.82, 2.24) is 10.0 Å². The van der Waals surface area contributed by atoms with Gasteiger partial charge in [0.2, 0.25) is 0 Å². The van der Waals surface area contributed by atoms with Crippen LogP contribution in [0.5, 0.6) is 0 Å². The predicted octanol–water partition coefficient (Wildman–Crippen LogP) is 1.49. The molecule has 0 unspecified atom stereocenters. The number of imide groups is 1. The molecule has 1 aromatic heterocycles. The van der Waals surface area contributed by atoms with E-state index in [0.717, 1.165) is 0 Å². The molecule has 1 N–H and O–H groups in total. The quantitative estimate of drug-likeness (QED) is 0.715. The standard InChI is InChI=1S/C16H8N2O6/c19-13-8-4-1-2-5-9(8)14(20)18(13)24-15(21)10-6-3-7-11-12(10)23-16(22)17-11/h1-7H,(H,17,22). The lowest BCUT2D eigenvalue weighted by molar-refractivity contribution is -0.0583. The summed E-state index contributed by atoms with van der Waals surface area (Å²) in [6.07, 6.45) is 0. The summed E-state index contributed by atoms with van der Waals surface area (Å²) in [6.45, 7) is 0. The first kappa shape index (κ1) is 13.9. The summed E-state index contributed by atoms with van der Waals surface area (Å²) in [5.41, 5.74) is 0.520. The molecule has 2 aromatic carbocycles. The molecule has 4 rings (SSSR count). The fourth-order valence-corrected chi connectivity index (χ4v) is 2.52. The van der Waals surface area contributed by atoms with E-state index < -0.39 is 23.5 Å². The number of H-pyrrole nitrogens is 1. The molecule has 24 heavy (non-hydrogen) atoms. The van der Waals surface area contributed by atoms with E-state index in [-0.39, 0.29) is 22.3 Å². The average molecular weight is 324 g/mol. The van der Waals surface area contributed by atoms with Gasteiger partial charge in [0, 0.05) is 0 Å². The Morgan fingerprint density at radius 1 is 0.958 bits per heavy atom. The lowest BCUT2D eigenvalue weighted by Gasteiger charge is -2.12. The van der Waals surface area contributed by atoms with Gasteiger partial charge in [0.25, 0.3) is 11.8 Å². The molecule has 2 heterocycles. The van der Waals surface area contributed by atoms with Gasteiger partial charge < -0.3 is 9.25 Å². The number of aromatic nitrogens is 1. The van der Waals surface area contributed by atoms with Crippen molar-refractivity contribution in [1.29, 1.82) is 0 Å². The van der Waals surface area contributed by atoms with E-state index in [1.165, 1.54) is 24.3 Å². The zero-order valence-electron chi connectivity index (χ0n) is 11.9. The van der Waals surface area contributed by atoms with Crippen molar-refractivity contribution in [3.8, 4) is 0 Å². The second-order valence-corrected chi connectivity index (χ2v) is 5.03. The normalized spacial score (nSPS) is 13.4. The molecule has 1 aliphatic rings. The second kappa shape index (κ2) is 4.92. The molecule has 0 radical (unpaired) electrons. The highest BCUT2D eigenvalue weighted by molar-refractivity contribution is 6.21. The SMILES string of the molecule is O=C(ON1C(=O)c2ccccc2C1=O)c1cccc2[nH]c(=O)oc12. The van der Waals surface area contributed by atoms with Crippen molar-refractivity contribution in [2.45, 2.75) is 0 Å². The van der Waals surface area contributed by atoms with Crippen LogP contribution in [0.15, 0.2) is 51.7 Å². The third-order valence-electron chi connectivity index (χ3n) is 3.60. The molecule has 0 atom stereocenters. The van der Waals surface area contributed by atoms with Crippen LogP contribution < -0.4 is 5.76 Å². The van der Waals surface area contributed by atoms with Gasteiger partial charge in [0.05, 0.1) is 16.6 Å². The summed E-state index contributed by atoms with van der Waals surface area (Å²) in [5, 5.41) is 0.399. The predicted molar refractivity (Wildman–Crippen MR) is 79.2 cm³/mol. The Morgan fingerprint density at radius 3 is 2.29 bits per heavy atom. The molecule has 0 bridgehead atoms. The minimum Gasteiger partial charge on any atom is -0.407 e. The van der Waals surface area contributed by atoms with E-state index in [1.54, 1.807) is 18.2 Å². The van der Waals surface area contributed by atoms with E-state index in [9.17, 15) is 19.2 Å². The maximum Gasteiger partial charge on any atom is 0.417 e. The summed E-state index contributed by atoms with van der Waals surface area (Å²) < 4.78 is 4.90. The fraction of sp³-hybridized carbons (Fsp3) is 0. The number of nitrogens with zero attached hydrogens (tertiary/aromatic N) is 1. The lowest BCUT2D eigenvalue weighted by atomic mass is 10.1. The molecule has 0 saturated carbocycles. The number of carbonyl (C=O) groups excluding carboxylic acids is 3. The first-order valence-electron chi connectivity index (χ1n) is 6.88. The van der Waals surface area contributed by atoms with Gasteiger partial charge in [-0.3, -0.25) is 14.6 Å². The molecule has 0 aliphatic carbocycles. The van der Waals surface area contributed by atoms with Gasteiger partial charge in [0.1, 0.15) is 5.56 Å². The number of benzene rings is 2. The van der Waals surface area contributed by atoms with Crippen molar-refractivity contribution in [2.75, 3.05) is 0 Å². The number of rotatable bonds is 2. The van der Waals surface area contributed by atoms with Crippen LogP contribution in [0.25, 0.3) is 11.1 Å². The fourth-order valence-electron chi connectivity index (χ4n) is 2.52. The maximum atomic E-state index is 12.3. The largest absolute Gasteiger partial charge is 0.417 e. The summed E-state index contributed by atoms with van der Waals surface area (Å²) in [4.78, 5) is 55.3. The van der Waals surface area contributed by atoms with Gasteiger partial charge in [-0.2, -0.15) is 0 Å². The van der Waals surface area contributed by atoms with Crippen molar-refractivity contribution in [3.05, 3.63) is 69.7 Å². The number of aromatic amines is 1. The van der Waals surface area contributed by atoms with Gasteiger partial charge >= 0.3 is 11.7 Å². The Labute approximate surface area is 133 Å². The van der Waals surface area contributed by atoms with E-state index in [0.29, 0.717) is 10.6 Å². The monoisotopic (exact) mass is 324 g/mol. The Hall–Kier alpha value is -3.68. The minimum absolute atomic E-state index is 0.0101. The van der Waals surface area contributed by atoms with Crippen molar-refractivity contribution in [3.63, 3.8) is 0 Å². The van der Waals surface area contributed by atoms with E-state index in [4.69, 9.17) is 9.25 Å². The zero-order chi connectivity index (χ0) is 16.8. The van der Waals surface area contributed by atoms with Gasteiger partial charge in [-0.25, -0.2) is 9.59 Å². The topological polar surface area (TPSA) is 110 Å². The van der Waals surface area contributed by atoms with Crippen molar-refractivity contribution >= 4 is 28.9 Å². The molecule has 8 nitrogen and oxygen atoms in total. The number of hydroxylamine groups is 2. The zero-order valence-corrected chi connectivity index (χ0v) is 11.9. The Balaban J connectivity index is 1.69. The number of oxazole rings is 1. The van der Waals surface area contributed by atoms with Crippen LogP contribution in [0.3, 0.4) is 0 Å². The number of carbonyl (C=O) groups is 3. The maximum absolute atomic E-state index is 12.3. The highest BCUT2D eigenvalue weighted by Gasteiger charge is 2.39. The van der Waals surface area contributed by atoms with Crippen LogP contribution >= 0.6 is 0 Å². The molecule has 0 spiro atoms. The van der Waals surface area contributed by atoms with Gasteiger partial charge in [-0.15, -0.1) is 0 Å². The summed E-state index contributed by atoms with van der Waals surface area (Å²) in [6, 6.07) is 10.5.